The molecule has 0 bridgehead atoms. The average Bonchev–Trinajstić information content (AvgIpc) is 3.20. The van der Waals surface area contributed by atoms with Gasteiger partial charge < -0.3 is 19.5 Å². The fraction of sp³-hybridized carbons (Fsp3) is 0.960. The summed E-state index contributed by atoms with van der Waals surface area (Å²) in [5.41, 5.74) is 0. The fourth-order valence-electron chi connectivity index (χ4n) is 8.63. The minimum atomic E-state index is -0.233. The number of aliphatic hydroxyl groups excluding tert-OH is 1. The third-order valence-electron chi connectivity index (χ3n) is 12.4. The second kappa shape index (κ2) is 40.6. The van der Waals surface area contributed by atoms with Crippen LogP contribution in [0.15, 0.2) is 0 Å². The predicted octanol–water partition coefficient (Wildman–Crippen LogP) is 14.6. The molecule has 1 saturated carbocycles. The predicted molar refractivity (Wildman–Crippen MR) is 239 cm³/mol. The van der Waals surface area contributed by atoms with Crippen molar-refractivity contribution in [2.45, 2.75) is 277 Å². The van der Waals surface area contributed by atoms with E-state index >= 15 is 0 Å². The number of nitrogens with zero attached hydrogens (tertiary/aromatic N) is 1. The van der Waals surface area contributed by atoms with E-state index in [2.05, 4.69) is 25.7 Å². The Morgan fingerprint density at radius 1 is 0.518 bits per heavy atom. The number of ether oxygens (including phenoxy) is 2. The van der Waals surface area contributed by atoms with E-state index in [1.165, 1.54) is 141 Å². The van der Waals surface area contributed by atoms with Crippen LogP contribution in [0.2, 0.25) is 0 Å². The van der Waals surface area contributed by atoms with E-state index in [4.69, 9.17) is 9.47 Å². The standard InChI is InChI=1S/C50H97NO5/c1-4-7-10-13-16-17-18-24-35-44-55-49(53)40-32-26-34-43-51(45-48(52)46-36-27-25-28-37-46)42-33-23-19-22-31-41-50(54)56-47(38-29-20-14-11-8-5-2)39-30-21-15-12-9-6-3/h46-48,52H,4-45H2,1-3H3. The average molecular weight is 792 g/mol. The summed E-state index contributed by atoms with van der Waals surface area (Å²) in [5, 5.41) is 11.1. The summed E-state index contributed by atoms with van der Waals surface area (Å²) in [6, 6.07) is 0. The third kappa shape index (κ3) is 33.8. The molecule has 0 aliphatic heterocycles. The Hall–Kier alpha value is -1.14. The Kier molecular flexibility index (Phi) is 38.4. The van der Waals surface area contributed by atoms with Gasteiger partial charge in [0.2, 0.25) is 0 Å². The molecule has 0 aromatic heterocycles. The minimum Gasteiger partial charge on any atom is -0.466 e. The van der Waals surface area contributed by atoms with Gasteiger partial charge in [0.1, 0.15) is 6.10 Å². The zero-order chi connectivity index (χ0) is 40.6. The van der Waals surface area contributed by atoms with Gasteiger partial charge in [-0.2, -0.15) is 0 Å². The number of aliphatic hydroxyl groups is 1. The molecule has 56 heavy (non-hydrogen) atoms. The van der Waals surface area contributed by atoms with Crippen molar-refractivity contribution in [3.8, 4) is 0 Å². The van der Waals surface area contributed by atoms with Gasteiger partial charge in [-0.1, -0.05) is 181 Å². The quantitative estimate of drug-likeness (QED) is 0.0490. The van der Waals surface area contributed by atoms with Crippen LogP contribution >= 0.6 is 0 Å². The molecule has 1 aliphatic carbocycles. The first-order valence-electron chi connectivity index (χ1n) is 25.3. The first-order chi connectivity index (χ1) is 27.5. The highest BCUT2D eigenvalue weighted by molar-refractivity contribution is 5.69. The zero-order valence-corrected chi connectivity index (χ0v) is 38.0. The van der Waals surface area contributed by atoms with E-state index in [0.717, 1.165) is 110 Å². The molecule has 0 amide bonds. The van der Waals surface area contributed by atoms with Crippen LogP contribution < -0.4 is 0 Å². The fourth-order valence-corrected chi connectivity index (χ4v) is 8.63. The largest absolute Gasteiger partial charge is 0.466 e. The van der Waals surface area contributed by atoms with E-state index < -0.39 is 0 Å². The Labute approximate surface area is 349 Å². The second-order valence-electron chi connectivity index (χ2n) is 17.9. The maximum Gasteiger partial charge on any atom is 0.306 e. The number of unbranched alkanes of at least 4 members (excludes halogenated alkanes) is 24. The van der Waals surface area contributed by atoms with Crippen LogP contribution in [0.3, 0.4) is 0 Å². The van der Waals surface area contributed by atoms with E-state index in [1.807, 2.05) is 0 Å². The van der Waals surface area contributed by atoms with Crippen molar-refractivity contribution in [2.24, 2.45) is 5.92 Å². The molecule has 6 nitrogen and oxygen atoms in total. The first-order valence-corrected chi connectivity index (χ1v) is 25.3. The summed E-state index contributed by atoms with van der Waals surface area (Å²) in [7, 11) is 0. The molecule has 1 rings (SSSR count). The highest BCUT2D eigenvalue weighted by Crippen LogP contribution is 2.27. The highest BCUT2D eigenvalue weighted by atomic mass is 16.5. The molecule has 0 radical (unpaired) electrons. The Morgan fingerprint density at radius 2 is 0.929 bits per heavy atom. The Morgan fingerprint density at radius 3 is 1.45 bits per heavy atom. The molecule has 0 aromatic rings. The lowest BCUT2D eigenvalue weighted by atomic mass is 9.85. The van der Waals surface area contributed by atoms with Crippen molar-refractivity contribution >= 4 is 11.9 Å². The van der Waals surface area contributed by atoms with E-state index in [0.29, 0.717) is 25.4 Å². The Balaban J connectivity index is 2.30. The van der Waals surface area contributed by atoms with Crippen LogP contribution in [-0.4, -0.2) is 60.4 Å². The SMILES string of the molecule is CCCCCCCCCCCOC(=O)CCCCCN(CCCCCCCC(=O)OC(CCCCCCCC)CCCCCCCC)CC(O)C1CCCCC1. The topological polar surface area (TPSA) is 76.1 Å². The van der Waals surface area contributed by atoms with E-state index in [1.54, 1.807) is 0 Å². The molecule has 1 unspecified atom stereocenters. The summed E-state index contributed by atoms with van der Waals surface area (Å²) < 4.78 is 11.6. The molecule has 1 N–H and O–H groups in total. The molecule has 1 aliphatic rings. The molecule has 1 fully saturated rings. The second-order valence-corrected chi connectivity index (χ2v) is 17.9. The van der Waals surface area contributed by atoms with Crippen molar-refractivity contribution in [2.75, 3.05) is 26.2 Å². The van der Waals surface area contributed by atoms with Crippen molar-refractivity contribution in [1.82, 2.24) is 4.90 Å². The van der Waals surface area contributed by atoms with Gasteiger partial charge in [0, 0.05) is 19.4 Å². The number of rotatable bonds is 42. The van der Waals surface area contributed by atoms with Crippen LogP contribution in [0.4, 0.5) is 0 Å². The number of hydrogen-bond acceptors (Lipinski definition) is 6. The van der Waals surface area contributed by atoms with Crippen molar-refractivity contribution in [3.05, 3.63) is 0 Å². The van der Waals surface area contributed by atoms with Gasteiger partial charge in [0.05, 0.1) is 12.7 Å². The van der Waals surface area contributed by atoms with Crippen molar-refractivity contribution < 1.29 is 24.2 Å². The zero-order valence-electron chi connectivity index (χ0n) is 38.0. The molecule has 332 valence electrons. The van der Waals surface area contributed by atoms with Crippen LogP contribution in [0.1, 0.15) is 265 Å². The lowest BCUT2D eigenvalue weighted by Gasteiger charge is -2.31. The molecule has 0 aromatic carbocycles. The third-order valence-corrected chi connectivity index (χ3v) is 12.4. The number of esters is 2. The van der Waals surface area contributed by atoms with Gasteiger partial charge in [0.25, 0.3) is 0 Å². The summed E-state index contributed by atoms with van der Waals surface area (Å²) in [4.78, 5) is 27.6. The van der Waals surface area contributed by atoms with E-state index in [-0.39, 0.29) is 24.1 Å². The maximum atomic E-state index is 12.8. The number of carbonyl (C=O) groups is 2. The van der Waals surface area contributed by atoms with Crippen LogP contribution in [0, 0.1) is 5.92 Å². The van der Waals surface area contributed by atoms with Crippen LogP contribution in [-0.2, 0) is 19.1 Å². The van der Waals surface area contributed by atoms with Gasteiger partial charge in [-0.25, -0.2) is 0 Å². The lowest BCUT2D eigenvalue weighted by molar-refractivity contribution is -0.150. The van der Waals surface area contributed by atoms with Crippen LogP contribution in [0.25, 0.3) is 0 Å². The molecule has 0 saturated heterocycles. The first kappa shape index (κ1) is 52.9. The van der Waals surface area contributed by atoms with Gasteiger partial charge in [0.15, 0.2) is 0 Å². The normalized spacial score (nSPS) is 14.2. The molecular formula is C50H97NO5. The van der Waals surface area contributed by atoms with Crippen LogP contribution in [0.5, 0.6) is 0 Å². The molecule has 1 atom stereocenters. The number of carbonyl (C=O) groups excluding carboxylic acids is 2. The smallest absolute Gasteiger partial charge is 0.306 e. The Bertz CT molecular complexity index is 829. The van der Waals surface area contributed by atoms with E-state index in [9.17, 15) is 14.7 Å². The summed E-state index contributed by atoms with van der Waals surface area (Å²) in [5.74, 6) is 0.424. The molecule has 0 heterocycles. The monoisotopic (exact) mass is 792 g/mol. The summed E-state index contributed by atoms with van der Waals surface area (Å²) in [6.45, 7) is 10.1. The summed E-state index contributed by atoms with van der Waals surface area (Å²) in [6.07, 6.45) is 44.4. The molecular weight excluding hydrogens is 695 g/mol. The summed E-state index contributed by atoms with van der Waals surface area (Å²) >= 11 is 0. The molecule has 0 spiro atoms. The maximum absolute atomic E-state index is 12.8. The minimum absolute atomic E-state index is 0.0157. The van der Waals surface area contributed by atoms with Gasteiger partial charge in [-0.15, -0.1) is 0 Å². The van der Waals surface area contributed by atoms with Gasteiger partial charge in [-0.3, -0.25) is 9.59 Å². The van der Waals surface area contributed by atoms with Crippen molar-refractivity contribution in [1.29, 1.82) is 0 Å². The molecule has 6 heteroatoms. The lowest BCUT2D eigenvalue weighted by Crippen LogP contribution is -2.38. The van der Waals surface area contributed by atoms with Gasteiger partial charge >= 0.3 is 11.9 Å². The number of hydrogen-bond donors (Lipinski definition) is 1. The van der Waals surface area contributed by atoms with Crippen molar-refractivity contribution in [3.63, 3.8) is 0 Å². The highest BCUT2D eigenvalue weighted by Gasteiger charge is 2.23. The van der Waals surface area contributed by atoms with Gasteiger partial charge in [-0.05, 0) is 89.6 Å².